The maximum atomic E-state index is 11.5. The van der Waals surface area contributed by atoms with Gasteiger partial charge in [0.15, 0.2) is 0 Å². The molecule has 1 fully saturated rings. The number of benzene rings is 2. The lowest BCUT2D eigenvalue weighted by Crippen LogP contribution is -2.45. The number of rotatable bonds is 8. The monoisotopic (exact) mass is 392 g/mol. The van der Waals surface area contributed by atoms with E-state index >= 15 is 0 Å². The van der Waals surface area contributed by atoms with Gasteiger partial charge in [-0.15, -0.1) is 0 Å². The highest BCUT2D eigenvalue weighted by atomic mass is 16.5. The van der Waals surface area contributed by atoms with E-state index in [2.05, 4.69) is 27.7 Å². The highest BCUT2D eigenvalue weighted by Gasteiger charge is 2.20. The van der Waals surface area contributed by atoms with E-state index in [1.54, 1.807) is 13.1 Å². The zero-order valence-corrected chi connectivity index (χ0v) is 16.9. The Bertz CT molecular complexity index is 854. The van der Waals surface area contributed by atoms with Crippen LogP contribution in [0, 0.1) is 11.3 Å². The molecule has 2 aromatic carbocycles. The molecule has 0 atom stereocenters. The smallest absolute Gasteiger partial charge is 0.233 e. The van der Waals surface area contributed by atoms with Crippen molar-refractivity contribution < 1.29 is 9.53 Å². The van der Waals surface area contributed by atoms with E-state index < -0.39 is 0 Å². The lowest BCUT2D eigenvalue weighted by atomic mass is 10.0. The molecule has 0 aromatic heterocycles. The fourth-order valence-electron chi connectivity index (χ4n) is 3.50. The Balaban J connectivity index is 1.46. The Kier molecular flexibility index (Phi) is 7.62. The maximum absolute atomic E-state index is 11.5. The van der Waals surface area contributed by atoms with E-state index in [0.717, 1.165) is 43.8 Å². The van der Waals surface area contributed by atoms with Gasteiger partial charge in [0.25, 0.3) is 0 Å². The second-order valence-electron chi connectivity index (χ2n) is 7.31. The van der Waals surface area contributed by atoms with Gasteiger partial charge in [-0.1, -0.05) is 30.3 Å². The molecule has 29 heavy (non-hydrogen) atoms. The molecular formula is C23H28N4O2. The van der Waals surface area contributed by atoms with Gasteiger partial charge < -0.3 is 15.4 Å². The van der Waals surface area contributed by atoms with Crippen LogP contribution in [0.3, 0.4) is 0 Å². The van der Waals surface area contributed by atoms with Gasteiger partial charge in [-0.05, 0) is 36.6 Å². The molecule has 1 amide bonds. The summed E-state index contributed by atoms with van der Waals surface area (Å²) in [5.74, 6) is 0.878. The molecule has 0 spiro atoms. The average Bonchev–Trinajstić information content (AvgIpc) is 2.77. The Labute approximate surface area is 172 Å². The van der Waals surface area contributed by atoms with Crippen LogP contribution in [0.2, 0.25) is 0 Å². The van der Waals surface area contributed by atoms with Crippen molar-refractivity contribution in [2.45, 2.75) is 32.0 Å². The van der Waals surface area contributed by atoms with Gasteiger partial charge in [0.1, 0.15) is 12.4 Å². The Hall–Kier alpha value is -2.88. The molecule has 0 unspecified atom stereocenters. The maximum Gasteiger partial charge on any atom is 0.233 e. The summed E-state index contributed by atoms with van der Waals surface area (Å²) in [6, 6.07) is 18.2. The molecule has 0 bridgehead atoms. The van der Waals surface area contributed by atoms with E-state index in [1.165, 1.54) is 5.56 Å². The molecule has 152 valence electrons. The quantitative estimate of drug-likeness (QED) is 0.722. The summed E-state index contributed by atoms with van der Waals surface area (Å²) in [6.45, 7) is 3.52. The van der Waals surface area contributed by atoms with Gasteiger partial charge in [-0.2, -0.15) is 5.26 Å². The Morgan fingerprint density at radius 2 is 2.00 bits per heavy atom. The Morgan fingerprint density at radius 3 is 2.76 bits per heavy atom. The molecule has 1 aliphatic rings. The van der Waals surface area contributed by atoms with Crippen molar-refractivity contribution in [1.82, 2.24) is 15.5 Å². The normalized spacial score (nSPS) is 14.9. The second-order valence-corrected chi connectivity index (χ2v) is 7.31. The summed E-state index contributed by atoms with van der Waals surface area (Å²) >= 11 is 0. The van der Waals surface area contributed by atoms with Crippen LogP contribution >= 0.6 is 0 Å². The van der Waals surface area contributed by atoms with E-state index in [-0.39, 0.29) is 5.91 Å². The summed E-state index contributed by atoms with van der Waals surface area (Å²) in [7, 11) is 1.68. The van der Waals surface area contributed by atoms with Crippen molar-refractivity contribution in [3.8, 4) is 11.8 Å². The highest BCUT2D eigenvalue weighted by Crippen LogP contribution is 2.17. The number of piperidine rings is 1. The number of hydrogen-bond acceptors (Lipinski definition) is 5. The van der Waals surface area contributed by atoms with Crippen LogP contribution in [0.4, 0.5) is 0 Å². The van der Waals surface area contributed by atoms with Gasteiger partial charge in [-0.25, -0.2) is 0 Å². The lowest BCUT2D eigenvalue weighted by molar-refractivity contribution is -0.122. The van der Waals surface area contributed by atoms with E-state index in [0.29, 0.717) is 24.8 Å². The number of amides is 1. The molecule has 2 aromatic rings. The summed E-state index contributed by atoms with van der Waals surface area (Å²) in [6.07, 6.45) is 2.08. The number of nitrogens with zero attached hydrogens (tertiary/aromatic N) is 2. The molecule has 0 aliphatic carbocycles. The van der Waals surface area contributed by atoms with Crippen LogP contribution in [0.5, 0.6) is 5.75 Å². The fourth-order valence-corrected chi connectivity index (χ4v) is 3.50. The third kappa shape index (κ3) is 6.31. The number of nitrogens with one attached hydrogen (secondary N) is 2. The highest BCUT2D eigenvalue weighted by molar-refractivity contribution is 5.77. The predicted octanol–water partition coefficient (Wildman–Crippen LogP) is 2.44. The van der Waals surface area contributed by atoms with E-state index in [1.807, 2.05) is 36.4 Å². The molecule has 2 N–H and O–H groups in total. The van der Waals surface area contributed by atoms with Crippen LogP contribution in [-0.4, -0.2) is 43.5 Å². The minimum Gasteiger partial charge on any atom is -0.489 e. The van der Waals surface area contributed by atoms with Crippen LogP contribution in [0.1, 0.15) is 29.5 Å². The number of hydrogen-bond donors (Lipinski definition) is 2. The van der Waals surface area contributed by atoms with Crippen molar-refractivity contribution in [3.63, 3.8) is 0 Å². The van der Waals surface area contributed by atoms with Crippen LogP contribution < -0.4 is 15.4 Å². The topological polar surface area (TPSA) is 77.4 Å². The Morgan fingerprint density at radius 1 is 1.21 bits per heavy atom. The van der Waals surface area contributed by atoms with Gasteiger partial charge in [-0.3, -0.25) is 9.69 Å². The first-order valence-corrected chi connectivity index (χ1v) is 10.0. The third-order valence-electron chi connectivity index (χ3n) is 5.26. The molecule has 6 heteroatoms. The standard InChI is InChI=1S/C23H28N4O2/c1-25-23(28)16-27-11-9-21(10-12-27)26-15-18-5-4-8-22(13-18)29-17-20-7-3-2-6-19(20)14-24/h2-8,13,21,26H,9-12,15-17H2,1H3,(H,25,28). The molecular weight excluding hydrogens is 364 g/mol. The number of carbonyl (C=O) groups excluding carboxylic acids is 1. The van der Waals surface area contributed by atoms with Crippen LogP contribution in [0.25, 0.3) is 0 Å². The third-order valence-corrected chi connectivity index (χ3v) is 5.26. The first-order valence-electron chi connectivity index (χ1n) is 10.0. The summed E-state index contributed by atoms with van der Waals surface area (Å²) in [5, 5.41) is 15.5. The minimum absolute atomic E-state index is 0.0746. The van der Waals surface area contributed by atoms with E-state index in [9.17, 15) is 10.1 Å². The first kappa shape index (κ1) is 20.8. The molecule has 3 rings (SSSR count). The SMILES string of the molecule is CNC(=O)CN1CCC(NCc2cccc(OCc3ccccc3C#N)c2)CC1. The minimum atomic E-state index is 0.0746. The molecule has 6 nitrogen and oxygen atoms in total. The van der Waals surface area contributed by atoms with Crippen molar-refractivity contribution in [3.05, 3.63) is 65.2 Å². The number of carbonyl (C=O) groups is 1. The number of likely N-dealkylation sites (tertiary alicyclic amines) is 1. The fraction of sp³-hybridized carbons (Fsp3) is 0.391. The van der Waals surface area contributed by atoms with Gasteiger partial charge >= 0.3 is 0 Å². The summed E-state index contributed by atoms with van der Waals surface area (Å²) < 4.78 is 5.91. The zero-order chi connectivity index (χ0) is 20.5. The van der Waals surface area contributed by atoms with E-state index in [4.69, 9.17) is 4.74 Å². The van der Waals surface area contributed by atoms with Crippen molar-refractivity contribution >= 4 is 5.91 Å². The summed E-state index contributed by atoms with van der Waals surface area (Å²) in [4.78, 5) is 13.7. The number of nitriles is 1. The molecule has 1 aliphatic heterocycles. The summed E-state index contributed by atoms with van der Waals surface area (Å²) in [5.41, 5.74) is 2.71. The van der Waals surface area contributed by atoms with Gasteiger partial charge in [0, 0.05) is 38.3 Å². The molecule has 1 saturated heterocycles. The average molecular weight is 393 g/mol. The zero-order valence-electron chi connectivity index (χ0n) is 16.9. The predicted molar refractivity (Wildman–Crippen MR) is 112 cm³/mol. The van der Waals surface area contributed by atoms with Crippen molar-refractivity contribution in [2.75, 3.05) is 26.7 Å². The van der Waals surface area contributed by atoms with Crippen molar-refractivity contribution in [2.24, 2.45) is 0 Å². The number of likely N-dealkylation sites (N-methyl/N-ethyl adjacent to an activating group) is 1. The second kappa shape index (κ2) is 10.6. The van der Waals surface area contributed by atoms with Gasteiger partial charge in [0.05, 0.1) is 18.2 Å². The first-order chi connectivity index (χ1) is 14.2. The molecule has 0 radical (unpaired) electrons. The number of ether oxygens (including phenoxy) is 1. The van der Waals surface area contributed by atoms with Crippen LogP contribution in [-0.2, 0) is 17.9 Å². The van der Waals surface area contributed by atoms with Crippen LogP contribution in [0.15, 0.2) is 48.5 Å². The lowest BCUT2D eigenvalue weighted by Gasteiger charge is -2.31. The molecule has 0 saturated carbocycles. The van der Waals surface area contributed by atoms with Gasteiger partial charge in [0.2, 0.25) is 5.91 Å². The molecule has 1 heterocycles. The largest absolute Gasteiger partial charge is 0.489 e. The van der Waals surface area contributed by atoms with Crippen molar-refractivity contribution in [1.29, 1.82) is 5.26 Å².